The molecule has 0 aromatic rings. The first kappa shape index (κ1) is 15.0. The van der Waals surface area contributed by atoms with Crippen LogP contribution in [0.4, 0.5) is 4.79 Å². The molecule has 3 saturated heterocycles. The number of hydrogen-bond acceptors (Lipinski definition) is 3. The van der Waals surface area contributed by atoms with Crippen molar-refractivity contribution < 1.29 is 14.4 Å². The van der Waals surface area contributed by atoms with Crippen LogP contribution < -0.4 is 0 Å². The van der Waals surface area contributed by atoms with Gasteiger partial charge in [0, 0.05) is 25.6 Å². The largest absolute Gasteiger partial charge is 0.340 e. The molecule has 0 aromatic carbocycles. The molecule has 6 nitrogen and oxygen atoms in total. The number of carbonyl (C=O) groups excluding carboxylic acids is 3. The maximum absolute atomic E-state index is 12.6. The van der Waals surface area contributed by atoms with Crippen LogP contribution >= 0.6 is 0 Å². The number of fused-ring (bicyclic) bond motifs is 1. The second-order valence-corrected chi connectivity index (χ2v) is 7.40. The molecule has 0 N–H and O–H groups in total. The first-order valence-electron chi connectivity index (χ1n) is 9.09. The van der Waals surface area contributed by atoms with Gasteiger partial charge in [-0.15, -0.1) is 0 Å². The minimum absolute atomic E-state index is 0.0375. The number of rotatable bonds is 2. The number of amides is 4. The summed E-state index contributed by atoms with van der Waals surface area (Å²) in [4.78, 5) is 42.7. The predicted octanol–water partition coefficient (Wildman–Crippen LogP) is 1.59. The van der Waals surface area contributed by atoms with Crippen LogP contribution in [0.5, 0.6) is 0 Å². The number of nitrogens with zero attached hydrogens (tertiary/aromatic N) is 3. The van der Waals surface area contributed by atoms with Crippen molar-refractivity contribution in [2.45, 2.75) is 63.5 Å². The topological polar surface area (TPSA) is 60.9 Å². The second kappa shape index (κ2) is 5.80. The van der Waals surface area contributed by atoms with Crippen molar-refractivity contribution in [3.05, 3.63) is 0 Å². The van der Waals surface area contributed by atoms with E-state index in [0.29, 0.717) is 19.6 Å². The molecule has 0 spiro atoms. The van der Waals surface area contributed by atoms with Crippen LogP contribution in [0, 0.1) is 5.92 Å². The number of urea groups is 1. The molecule has 0 radical (unpaired) electrons. The Labute approximate surface area is 136 Å². The molecular weight excluding hydrogens is 294 g/mol. The maximum Gasteiger partial charge on any atom is 0.327 e. The molecule has 0 bridgehead atoms. The van der Waals surface area contributed by atoms with E-state index >= 15 is 0 Å². The molecule has 3 aliphatic heterocycles. The van der Waals surface area contributed by atoms with Crippen LogP contribution in [0.1, 0.15) is 51.4 Å². The van der Waals surface area contributed by atoms with Crippen molar-refractivity contribution in [3.8, 4) is 0 Å². The lowest BCUT2D eigenvalue weighted by molar-refractivity contribution is -0.136. The molecule has 4 fully saturated rings. The van der Waals surface area contributed by atoms with E-state index in [4.69, 9.17) is 0 Å². The van der Waals surface area contributed by atoms with Crippen LogP contribution in [0.25, 0.3) is 0 Å². The monoisotopic (exact) mass is 319 g/mol. The molecule has 6 heteroatoms. The van der Waals surface area contributed by atoms with Crippen molar-refractivity contribution >= 4 is 17.8 Å². The summed E-state index contributed by atoms with van der Waals surface area (Å²) < 4.78 is 0. The lowest BCUT2D eigenvalue weighted by Gasteiger charge is -2.27. The van der Waals surface area contributed by atoms with Gasteiger partial charge in [0.15, 0.2) is 0 Å². The predicted molar refractivity (Wildman–Crippen MR) is 83.5 cm³/mol. The van der Waals surface area contributed by atoms with Gasteiger partial charge in [-0.2, -0.15) is 0 Å². The van der Waals surface area contributed by atoms with Gasteiger partial charge in [0.2, 0.25) is 5.91 Å². The summed E-state index contributed by atoms with van der Waals surface area (Å²) in [5, 5.41) is 0. The van der Waals surface area contributed by atoms with Gasteiger partial charge in [-0.1, -0.05) is 19.3 Å². The summed E-state index contributed by atoms with van der Waals surface area (Å²) in [5.74, 6) is 0.367. The smallest absolute Gasteiger partial charge is 0.327 e. The van der Waals surface area contributed by atoms with Gasteiger partial charge in [0.05, 0.1) is 6.04 Å². The van der Waals surface area contributed by atoms with Crippen LogP contribution in [0.2, 0.25) is 0 Å². The summed E-state index contributed by atoms with van der Waals surface area (Å²) in [7, 11) is 0. The molecule has 4 aliphatic rings. The fourth-order valence-corrected chi connectivity index (χ4v) is 4.74. The zero-order valence-electron chi connectivity index (χ0n) is 13.6. The standard InChI is InChI=1S/C17H25N3O3/c21-15(12-5-2-1-3-6-12)18-10-8-13(11-18)20-16(22)14-7-4-9-19(14)17(20)23/h12-14H,1-11H2/t13?,14-/m0/s1. The Bertz CT molecular complexity index is 507. The average Bonchev–Trinajstić information content (AvgIpc) is 3.28. The fraction of sp³-hybridized carbons (Fsp3) is 0.824. The first-order valence-corrected chi connectivity index (χ1v) is 9.09. The zero-order valence-corrected chi connectivity index (χ0v) is 13.6. The highest BCUT2D eigenvalue weighted by Crippen LogP contribution is 2.32. The van der Waals surface area contributed by atoms with Gasteiger partial charge >= 0.3 is 6.03 Å². The highest BCUT2D eigenvalue weighted by molar-refractivity contribution is 6.05. The van der Waals surface area contributed by atoms with Gasteiger partial charge in [0.25, 0.3) is 5.91 Å². The number of likely N-dealkylation sites (tertiary alicyclic amines) is 1. The van der Waals surface area contributed by atoms with Crippen molar-refractivity contribution in [2.75, 3.05) is 19.6 Å². The van der Waals surface area contributed by atoms with Gasteiger partial charge in [-0.25, -0.2) is 4.79 Å². The van der Waals surface area contributed by atoms with Gasteiger partial charge in [-0.05, 0) is 32.1 Å². The molecule has 1 unspecified atom stereocenters. The molecule has 1 saturated carbocycles. The van der Waals surface area contributed by atoms with E-state index in [1.807, 2.05) is 4.90 Å². The van der Waals surface area contributed by atoms with Gasteiger partial charge in [-0.3, -0.25) is 14.5 Å². The summed E-state index contributed by atoms with van der Waals surface area (Å²) in [5.41, 5.74) is 0. The Morgan fingerprint density at radius 3 is 2.43 bits per heavy atom. The van der Waals surface area contributed by atoms with E-state index in [2.05, 4.69) is 0 Å². The van der Waals surface area contributed by atoms with Crippen LogP contribution in [-0.4, -0.2) is 64.3 Å². The Kier molecular flexibility index (Phi) is 3.77. The molecule has 4 rings (SSSR count). The minimum Gasteiger partial charge on any atom is -0.340 e. The van der Waals surface area contributed by atoms with Crippen LogP contribution in [-0.2, 0) is 9.59 Å². The minimum atomic E-state index is -0.231. The Balaban J connectivity index is 1.41. The van der Waals surface area contributed by atoms with E-state index < -0.39 is 0 Å². The van der Waals surface area contributed by atoms with Crippen molar-refractivity contribution in [3.63, 3.8) is 0 Å². The van der Waals surface area contributed by atoms with Crippen molar-refractivity contribution in [2.24, 2.45) is 5.92 Å². The third kappa shape index (κ3) is 2.42. The SMILES string of the molecule is O=C(C1CCCCC1)N1CCC(N2C(=O)[C@@H]3CCCN3C2=O)C1. The van der Waals surface area contributed by atoms with Crippen molar-refractivity contribution in [1.82, 2.24) is 14.7 Å². The summed E-state index contributed by atoms with van der Waals surface area (Å²) in [6.07, 6.45) is 7.97. The Morgan fingerprint density at radius 1 is 0.913 bits per heavy atom. The average molecular weight is 319 g/mol. The fourth-order valence-electron chi connectivity index (χ4n) is 4.74. The number of imide groups is 1. The van der Waals surface area contributed by atoms with Gasteiger partial charge < -0.3 is 9.80 Å². The molecule has 1 aliphatic carbocycles. The molecule has 23 heavy (non-hydrogen) atoms. The first-order chi connectivity index (χ1) is 11.2. The van der Waals surface area contributed by atoms with E-state index in [0.717, 1.165) is 44.9 Å². The van der Waals surface area contributed by atoms with Crippen molar-refractivity contribution in [1.29, 1.82) is 0 Å². The van der Waals surface area contributed by atoms with E-state index in [-0.39, 0.29) is 35.8 Å². The third-order valence-corrected chi connectivity index (χ3v) is 6.02. The molecule has 3 heterocycles. The van der Waals surface area contributed by atoms with Crippen LogP contribution in [0.15, 0.2) is 0 Å². The molecule has 4 amide bonds. The van der Waals surface area contributed by atoms with Crippen LogP contribution in [0.3, 0.4) is 0 Å². The number of hydrogen-bond donors (Lipinski definition) is 0. The molecular formula is C17H25N3O3. The summed E-state index contributed by atoms with van der Waals surface area (Å²) in [6.45, 7) is 1.91. The molecule has 0 aromatic heterocycles. The summed E-state index contributed by atoms with van der Waals surface area (Å²) in [6, 6.07) is -0.479. The third-order valence-electron chi connectivity index (χ3n) is 6.02. The highest BCUT2D eigenvalue weighted by atomic mass is 16.2. The Hall–Kier alpha value is -1.59. The Morgan fingerprint density at radius 2 is 1.70 bits per heavy atom. The molecule has 2 atom stereocenters. The lowest BCUT2D eigenvalue weighted by atomic mass is 9.88. The molecule has 126 valence electrons. The van der Waals surface area contributed by atoms with E-state index in [1.165, 1.54) is 11.3 Å². The lowest BCUT2D eigenvalue weighted by Crippen LogP contribution is -2.44. The normalized spacial score (nSPS) is 32.1. The maximum atomic E-state index is 12.6. The zero-order chi connectivity index (χ0) is 16.0. The second-order valence-electron chi connectivity index (χ2n) is 7.40. The van der Waals surface area contributed by atoms with E-state index in [1.54, 1.807) is 4.90 Å². The van der Waals surface area contributed by atoms with E-state index in [9.17, 15) is 14.4 Å². The number of carbonyl (C=O) groups is 3. The summed E-state index contributed by atoms with van der Waals surface area (Å²) >= 11 is 0. The quantitative estimate of drug-likeness (QED) is 0.726. The highest BCUT2D eigenvalue weighted by Gasteiger charge is 2.51. The van der Waals surface area contributed by atoms with Gasteiger partial charge in [0.1, 0.15) is 6.04 Å².